The summed E-state index contributed by atoms with van der Waals surface area (Å²) in [6.45, 7) is 2.82. The van der Waals surface area contributed by atoms with Crippen LogP contribution in [-0.4, -0.2) is 0 Å². The van der Waals surface area contributed by atoms with Crippen molar-refractivity contribution in [3.63, 3.8) is 0 Å². The van der Waals surface area contributed by atoms with Crippen LogP contribution < -0.4 is 4.74 Å². The van der Waals surface area contributed by atoms with Gasteiger partial charge in [0.05, 0.1) is 0 Å². The van der Waals surface area contributed by atoms with E-state index < -0.39 is 0 Å². The first-order valence-electron chi connectivity index (χ1n) is 5.12. The standard InChI is InChI=1S/C13H14OS/c1-2-11-5-7-12(8-6-11)14-10-13-4-3-9-15-13/h3-9H,2,10H2,1H3. The van der Waals surface area contributed by atoms with Gasteiger partial charge in [0.25, 0.3) is 0 Å². The normalized spacial score (nSPS) is 10.2. The highest BCUT2D eigenvalue weighted by atomic mass is 32.1. The Balaban J connectivity index is 1.93. The number of ether oxygens (including phenoxy) is 1. The molecule has 0 spiro atoms. The van der Waals surface area contributed by atoms with Crippen molar-refractivity contribution in [3.05, 3.63) is 52.2 Å². The Morgan fingerprint density at radius 2 is 1.93 bits per heavy atom. The van der Waals surface area contributed by atoms with E-state index in [2.05, 4.69) is 30.5 Å². The molecule has 0 atom stereocenters. The monoisotopic (exact) mass is 218 g/mol. The van der Waals surface area contributed by atoms with Gasteiger partial charge in [-0.3, -0.25) is 0 Å². The molecular formula is C13H14OS. The van der Waals surface area contributed by atoms with E-state index in [1.165, 1.54) is 10.4 Å². The fourth-order valence-corrected chi connectivity index (χ4v) is 1.99. The van der Waals surface area contributed by atoms with Gasteiger partial charge in [0.1, 0.15) is 12.4 Å². The van der Waals surface area contributed by atoms with Crippen LogP contribution in [-0.2, 0) is 13.0 Å². The van der Waals surface area contributed by atoms with E-state index >= 15 is 0 Å². The predicted octanol–water partition coefficient (Wildman–Crippen LogP) is 3.89. The first-order valence-corrected chi connectivity index (χ1v) is 6.00. The van der Waals surface area contributed by atoms with Gasteiger partial charge < -0.3 is 4.74 Å². The number of thiophene rings is 1. The minimum Gasteiger partial charge on any atom is -0.488 e. The molecule has 2 aromatic rings. The van der Waals surface area contributed by atoms with Gasteiger partial charge >= 0.3 is 0 Å². The van der Waals surface area contributed by atoms with E-state index in [1.54, 1.807) is 11.3 Å². The molecule has 0 amide bonds. The van der Waals surface area contributed by atoms with Crippen LogP contribution in [0.25, 0.3) is 0 Å². The lowest BCUT2D eigenvalue weighted by Gasteiger charge is -2.04. The summed E-state index contributed by atoms with van der Waals surface area (Å²) in [7, 11) is 0. The summed E-state index contributed by atoms with van der Waals surface area (Å²) >= 11 is 1.72. The summed E-state index contributed by atoms with van der Waals surface area (Å²) in [5.41, 5.74) is 1.35. The highest BCUT2D eigenvalue weighted by molar-refractivity contribution is 7.09. The second-order valence-corrected chi connectivity index (χ2v) is 4.40. The molecule has 1 aromatic heterocycles. The second-order valence-electron chi connectivity index (χ2n) is 3.37. The van der Waals surface area contributed by atoms with Crippen molar-refractivity contribution in [2.45, 2.75) is 20.0 Å². The van der Waals surface area contributed by atoms with Crippen LogP contribution in [0.4, 0.5) is 0 Å². The topological polar surface area (TPSA) is 9.23 Å². The third-order valence-corrected chi connectivity index (χ3v) is 3.14. The van der Waals surface area contributed by atoms with E-state index in [0.717, 1.165) is 12.2 Å². The van der Waals surface area contributed by atoms with E-state index in [9.17, 15) is 0 Å². The Morgan fingerprint density at radius 1 is 1.13 bits per heavy atom. The Labute approximate surface area is 94.3 Å². The largest absolute Gasteiger partial charge is 0.488 e. The summed E-state index contributed by atoms with van der Waals surface area (Å²) < 4.78 is 5.66. The Bertz CT molecular complexity index is 389. The number of aryl methyl sites for hydroxylation is 1. The van der Waals surface area contributed by atoms with Gasteiger partial charge in [-0.1, -0.05) is 25.1 Å². The third kappa shape index (κ3) is 2.83. The quantitative estimate of drug-likeness (QED) is 0.756. The molecule has 1 nitrogen and oxygen atoms in total. The zero-order valence-corrected chi connectivity index (χ0v) is 9.59. The average molecular weight is 218 g/mol. The fourth-order valence-electron chi connectivity index (χ4n) is 1.37. The van der Waals surface area contributed by atoms with Crippen molar-refractivity contribution in [1.29, 1.82) is 0 Å². The van der Waals surface area contributed by atoms with Crippen molar-refractivity contribution < 1.29 is 4.74 Å². The van der Waals surface area contributed by atoms with Gasteiger partial charge in [-0.25, -0.2) is 0 Å². The smallest absolute Gasteiger partial charge is 0.122 e. The number of hydrogen-bond donors (Lipinski definition) is 0. The van der Waals surface area contributed by atoms with Crippen molar-refractivity contribution in [2.24, 2.45) is 0 Å². The maximum Gasteiger partial charge on any atom is 0.122 e. The van der Waals surface area contributed by atoms with Crippen LogP contribution in [0, 0.1) is 0 Å². The molecule has 15 heavy (non-hydrogen) atoms. The molecular weight excluding hydrogens is 204 g/mol. The molecule has 0 aliphatic rings. The Morgan fingerprint density at radius 3 is 2.53 bits per heavy atom. The van der Waals surface area contributed by atoms with Crippen LogP contribution >= 0.6 is 11.3 Å². The number of rotatable bonds is 4. The SMILES string of the molecule is CCc1ccc(OCc2cccs2)cc1. The van der Waals surface area contributed by atoms with Gasteiger partial charge in [0.2, 0.25) is 0 Å². The van der Waals surface area contributed by atoms with Crippen LogP contribution in [0.5, 0.6) is 5.75 Å². The second kappa shape index (κ2) is 4.99. The first kappa shape index (κ1) is 10.2. The molecule has 0 unspecified atom stereocenters. The summed E-state index contributed by atoms with van der Waals surface area (Å²) in [6.07, 6.45) is 1.07. The molecule has 78 valence electrons. The molecule has 0 saturated heterocycles. The van der Waals surface area contributed by atoms with Crippen LogP contribution in [0.15, 0.2) is 41.8 Å². The minimum atomic E-state index is 0.670. The third-order valence-electron chi connectivity index (χ3n) is 2.29. The summed E-state index contributed by atoms with van der Waals surface area (Å²) in [4.78, 5) is 1.26. The number of hydrogen-bond acceptors (Lipinski definition) is 2. The van der Waals surface area contributed by atoms with Gasteiger partial charge in [0.15, 0.2) is 0 Å². The molecule has 0 saturated carbocycles. The molecule has 0 bridgehead atoms. The molecule has 1 heterocycles. The molecule has 2 rings (SSSR count). The molecule has 2 heteroatoms. The molecule has 0 aliphatic heterocycles. The van der Waals surface area contributed by atoms with Crippen molar-refractivity contribution >= 4 is 11.3 Å². The zero-order valence-electron chi connectivity index (χ0n) is 8.77. The lowest BCUT2D eigenvalue weighted by atomic mass is 10.2. The predicted molar refractivity (Wildman–Crippen MR) is 64.5 cm³/mol. The summed E-state index contributed by atoms with van der Waals surface area (Å²) in [5.74, 6) is 0.945. The van der Waals surface area contributed by atoms with Gasteiger partial charge in [0, 0.05) is 4.88 Å². The highest BCUT2D eigenvalue weighted by Crippen LogP contribution is 2.16. The molecule has 1 aromatic carbocycles. The van der Waals surface area contributed by atoms with E-state index in [4.69, 9.17) is 4.74 Å². The lowest BCUT2D eigenvalue weighted by Crippen LogP contribution is -1.92. The average Bonchev–Trinajstić information content (AvgIpc) is 2.80. The number of benzene rings is 1. The molecule has 0 fully saturated rings. The molecule has 0 N–H and O–H groups in total. The van der Waals surface area contributed by atoms with Gasteiger partial charge in [-0.15, -0.1) is 11.3 Å². The maximum absolute atomic E-state index is 5.66. The lowest BCUT2D eigenvalue weighted by molar-refractivity contribution is 0.310. The molecule has 0 aliphatic carbocycles. The van der Waals surface area contributed by atoms with Crippen LogP contribution in [0.1, 0.15) is 17.4 Å². The fraction of sp³-hybridized carbons (Fsp3) is 0.231. The summed E-state index contributed by atoms with van der Waals surface area (Å²) in [6, 6.07) is 12.4. The van der Waals surface area contributed by atoms with Crippen molar-refractivity contribution in [3.8, 4) is 5.75 Å². The van der Waals surface area contributed by atoms with Crippen LogP contribution in [0.2, 0.25) is 0 Å². The molecule has 0 radical (unpaired) electrons. The van der Waals surface area contributed by atoms with Crippen molar-refractivity contribution in [2.75, 3.05) is 0 Å². The Kier molecular flexibility index (Phi) is 3.41. The van der Waals surface area contributed by atoms with E-state index in [-0.39, 0.29) is 0 Å². The Hall–Kier alpha value is -1.28. The highest BCUT2D eigenvalue weighted by Gasteiger charge is 1.96. The zero-order chi connectivity index (χ0) is 10.5. The van der Waals surface area contributed by atoms with Crippen molar-refractivity contribution in [1.82, 2.24) is 0 Å². The van der Waals surface area contributed by atoms with E-state index in [0.29, 0.717) is 6.61 Å². The minimum absolute atomic E-state index is 0.670. The summed E-state index contributed by atoms with van der Waals surface area (Å²) in [5, 5.41) is 2.07. The maximum atomic E-state index is 5.66. The van der Waals surface area contributed by atoms with Gasteiger partial charge in [-0.05, 0) is 35.6 Å². The van der Waals surface area contributed by atoms with E-state index in [1.807, 2.05) is 18.2 Å². The first-order chi connectivity index (χ1) is 7.38. The van der Waals surface area contributed by atoms with Crippen LogP contribution in [0.3, 0.4) is 0 Å². The van der Waals surface area contributed by atoms with Gasteiger partial charge in [-0.2, -0.15) is 0 Å².